The summed E-state index contributed by atoms with van der Waals surface area (Å²) in [6.07, 6.45) is 2.10. The van der Waals surface area contributed by atoms with Crippen LogP contribution in [0.1, 0.15) is 29.2 Å². The molecule has 0 spiro atoms. The van der Waals surface area contributed by atoms with Crippen LogP contribution in [0.3, 0.4) is 0 Å². The zero-order valence-corrected chi connectivity index (χ0v) is 24.5. The Bertz CT molecular complexity index is 1450. The number of hydrogen-bond acceptors (Lipinski definition) is 7. The predicted octanol–water partition coefficient (Wildman–Crippen LogP) is 4.37. The molecule has 2 aliphatic carbocycles. The molecule has 1 N–H and O–H groups in total. The Morgan fingerprint density at radius 1 is 1.10 bits per heavy atom. The minimum absolute atomic E-state index is 0.0727. The fraction of sp³-hybridized carbons (Fsp3) is 0.407. The summed E-state index contributed by atoms with van der Waals surface area (Å²) >= 11 is 19.1. The number of carbonyl (C=O) groups is 4. The van der Waals surface area contributed by atoms with Gasteiger partial charge in [0.25, 0.3) is 11.8 Å². The Morgan fingerprint density at radius 3 is 2.54 bits per heavy atom. The summed E-state index contributed by atoms with van der Waals surface area (Å²) in [5.74, 6) is -4.66. The Morgan fingerprint density at radius 2 is 1.87 bits per heavy atom. The third-order valence-corrected chi connectivity index (χ3v) is 11.3. The summed E-state index contributed by atoms with van der Waals surface area (Å²) in [7, 11) is 1.40. The van der Waals surface area contributed by atoms with Gasteiger partial charge in [0.05, 0.1) is 30.9 Å². The largest absolute Gasteiger partial charge is 0.504 e. The van der Waals surface area contributed by atoms with Crippen molar-refractivity contribution in [3.63, 3.8) is 0 Å². The number of fused-ring (bicyclic) bond motifs is 4. The molecule has 2 aromatic rings. The molecule has 1 aromatic carbocycles. The first-order valence-electron chi connectivity index (χ1n) is 12.3. The molecule has 6 rings (SSSR count). The molecule has 1 saturated carbocycles. The van der Waals surface area contributed by atoms with Gasteiger partial charge in [0, 0.05) is 10.8 Å². The lowest BCUT2D eigenvalue weighted by Crippen LogP contribution is -2.60. The van der Waals surface area contributed by atoms with Crippen LogP contribution in [0.2, 0.25) is 0 Å². The van der Waals surface area contributed by atoms with Gasteiger partial charge in [0.1, 0.15) is 0 Å². The van der Waals surface area contributed by atoms with E-state index in [9.17, 15) is 24.3 Å². The molecular formula is C27H23BrCl2N2O6S. The van der Waals surface area contributed by atoms with Crippen LogP contribution in [0, 0.1) is 17.8 Å². The van der Waals surface area contributed by atoms with E-state index in [0.29, 0.717) is 17.6 Å². The second-order valence-corrected chi connectivity index (χ2v) is 13.0. The first kappa shape index (κ1) is 26.8. The Balaban J connectivity index is 1.50. The number of phenolic OH excluding ortho intramolecular Hbond substituents is 1. The van der Waals surface area contributed by atoms with Gasteiger partial charge in [-0.1, -0.05) is 39.7 Å². The van der Waals surface area contributed by atoms with Crippen LogP contribution in [0.4, 0.5) is 0 Å². The molecule has 204 valence electrons. The lowest BCUT2D eigenvalue weighted by molar-refractivity contribution is -0.141. The second-order valence-electron chi connectivity index (χ2n) is 10.3. The smallest absolute Gasteiger partial charge is 0.254 e. The van der Waals surface area contributed by atoms with Crippen molar-refractivity contribution in [2.45, 2.75) is 35.1 Å². The van der Waals surface area contributed by atoms with Crippen molar-refractivity contribution < 1.29 is 29.0 Å². The van der Waals surface area contributed by atoms with Crippen LogP contribution < -0.4 is 4.74 Å². The van der Waals surface area contributed by atoms with Crippen molar-refractivity contribution in [3.05, 3.63) is 57.8 Å². The molecular weight excluding hydrogens is 631 g/mol. The third kappa shape index (κ3) is 3.54. The standard InChI is InChI=1S/C27H23BrCl2N2O6S/c1-38-19-9-13(4-7-18(19)33)21-15-5-6-16-20(23(35)31(22(16)34)11-14-3-2-8-39-14)17(15)10-26(29)24(36)32(12-28)25(37)27(21,26)30/h2-5,7-9,16-17,20-21,33H,6,10-12H2,1H3. The zero-order chi connectivity index (χ0) is 27.9. The molecule has 8 nitrogen and oxygen atoms in total. The van der Waals surface area contributed by atoms with E-state index >= 15 is 0 Å². The number of likely N-dealkylation sites (tertiary alicyclic amines) is 2. The van der Waals surface area contributed by atoms with Gasteiger partial charge < -0.3 is 9.84 Å². The molecule has 1 aromatic heterocycles. The van der Waals surface area contributed by atoms with Crippen LogP contribution >= 0.6 is 50.5 Å². The highest BCUT2D eigenvalue weighted by molar-refractivity contribution is 9.09. The maximum absolute atomic E-state index is 13.8. The number of nitrogens with zero attached hydrogens (tertiary/aromatic N) is 2. The average Bonchev–Trinajstić information content (AvgIpc) is 3.56. The SMILES string of the molecule is COc1cc(C2C3=CCC4C(=O)N(Cc5cccs5)C(=O)C4C3CC3(Cl)C(=O)N(CBr)C(=O)C23Cl)ccc1O. The monoisotopic (exact) mass is 652 g/mol. The van der Waals surface area contributed by atoms with Crippen molar-refractivity contribution in [1.29, 1.82) is 0 Å². The predicted molar refractivity (Wildman–Crippen MR) is 148 cm³/mol. The van der Waals surface area contributed by atoms with Gasteiger partial charge in [0.2, 0.25) is 11.8 Å². The molecule has 0 radical (unpaired) electrons. The number of thiophene rings is 1. The van der Waals surface area contributed by atoms with Gasteiger partial charge in [0.15, 0.2) is 21.2 Å². The molecule has 3 fully saturated rings. The quantitative estimate of drug-likeness (QED) is 0.222. The molecule has 2 saturated heterocycles. The molecule has 4 amide bonds. The number of carbonyl (C=O) groups excluding carboxylic acids is 4. The summed E-state index contributed by atoms with van der Waals surface area (Å²) in [6, 6.07) is 8.34. The number of aromatic hydroxyl groups is 1. The van der Waals surface area contributed by atoms with Gasteiger partial charge in [-0.3, -0.25) is 29.0 Å². The first-order valence-corrected chi connectivity index (χ1v) is 15.1. The topological polar surface area (TPSA) is 104 Å². The second kappa shape index (κ2) is 9.33. The average molecular weight is 654 g/mol. The number of ether oxygens (including phenoxy) is 1. The first-order chi connectivity index (χ1) is 18.6. The highest BCUT2D eigenvalue weighted by Crippen LogP contribution is 2.65. The van der Waals surface area contributed by atoms with Gasteiger partial charge in [-0.15, -0.1) is 34.5 Å². The van der Waals surface area contributed by atoms with E-state index < -0.39 is 45.2 Å². The summed E-state index contributed by atoms with van der Waals surface area (Å²) in [4.78, 5) is 54.1. The van der Waals surface area contributed by atoms with E-state index in [4.69, 9.17) is 27.9 Å². The number of imide groups is 2. The van der Waals surface area contributed by atoms with Gasteiger partial charge in [-0.2, -0.15) is 0 Å². The summed E-state index contributed by atoms with van der Waals surface area (Å²) < 4.78 is 5.32. The number of benzene rings is 1. The highest BCUT2D eigenvalue weighted by Gasteiger charge is 2.76. The van der Waals surface area contributed by atoms with Gasteiger partial charge in [-0.25, -0.2) is 0 Å². The number of rotatable bonds is 5. The lowest BCUT2D eigenvalue weighted by Gasteiger charge is -2.50. The van der Waals surface area contributed by atoms with E-state index in [2.05, 4.69) is 15.9 Å². The van der Waals surface area contributed by atoms with Gasteiger partial charge in [-0.05, 0) is 47.9 Å². The normalized spacial score (nSPS) is 33.7. The molecule has 39 heavy (non-hydrogen) atoms. The van der Waals surface area contributed by atoms with Crippen LogP contribution in [0.15, 0.2) is 47.4 Å². The molecule has 2 aliphatic heterocycles. The minimum Gasteiger partial charge on any atom is -0.504 e. The van der Waals surface area contributed by atoms with Crippen molar-refractivity contribution in [2.75, 3.05) is 12.6 Å². The number of amides is 4. The maximum atomic E-state index is 13.8. The van der Waals surface area contributed by atoms with E-state index in [-0.39, 0.29) is 41.7 Å². The Hall–Kier alpha value is -2.40. The van der Waals surface area contributed by atoms with Crippen molar-refractivity contribution in [3.8, 4) is 11.5 Å². The van der Waals surface area contributed by atoms with E-state index in [1.54, 1.807) is 12.1 Å². The highest BCUT2D eigenvalue weighted by atomic mass is 79.9. The molecule has 3 heterocycles. The van der Waals surface area contributed by atoms with Crippen LogP contribution in [0.5, 0.6) is 11.5 Å². The maximum Gasteiger partial charge on any atom is 0.254 e. The van der Waals surface area contributed by atoms with E-state index in [0.717, 1.165) is 9.78 Å². The Kier molecular flexibility index (Phi) is 6.41. The number of allylic oxidation sites excluding steroid dienone is 2. The molecule has 0 bridgehead atoms. The van der Waals surface area contributed by atoms with Crippen molar-refractivity contribution >= 4 is 74.1 Å². The minimum atomic E-state index is -1.90. The molecule has 12 heteroatoms. The number of methoxy groups -OCH3 is 1. The summed E-state index contributed by atoms with van der Waals surface area (Å²) in [5.41, 5.74) is 1.09. The summed E-state index contributed by atoms with van der Waals surface area (Å²) in [6.45, 7) is 0.184. The van der Waals surface area contributed by atoms with E-state index in [1.807, 2.05) is 23.6 Å². The lowest BCUT2D eigenvalue weighted by atomic mass is 9.56. The molecule has 4 aliphatic rings. The fourth-order valence-electron chi connectivity index (χ4n) is 6.78. The zero-order valence-electron chi connectivity index (χ0n) is 20.6. The summed E-state index contributed by atoms with van der Waals surface area (Å²) in [5, 5.41) is 12.1. The number of alkyl halides is 3. The van der Waals surface area contributed by atoms with E-state index in [1.165, 1.54) is 29.4 Å². The van der Waals surface area contributed by atoms with Crippen LogP contribution in [0.25, 0.3) is 0 Å². The molecule has 6 unspecified atom stereocenters. The number of hydrogen-bond donors (Lipinski definition) is 1. The number of phenols is 1. The van der Waals surface area contributed by atoms with Crippen LogP contribution in [-0.4, -0.2) is 60.8 Å². The van der Waals surface area contributed by atoms with Gasteiger partial charge >= 0.3 is 0 Å². The Labute approximate surface area is 246 Å². The van der Waals surface area contributed by atoms with Crippen molar-refractivity contribution in [1.82, 2.24) is 9.80 Å². The third-order valence-electron chi connectivity index (χ3n) is 8.54. The number of halogens is 3. The molecule has 6 atom stereocenters. The van der Waals surface area contributed by atoms with Crippen molar-refractivity contribution in [2.24, 2.45) is 17.8 Å². The fourth-order valence-corrected chi connectivity index (χ4v) is 8.90. The van der Waals surface area contributed by atoms with Crippen LogP contribution in [-0.2, 0) is 25.7 Å².